The number of benzene rings is 2. The molecule has 0 bridgehead atoms. The third-order valence-corrected chi connectivity index (χ3v) is 3.35. The molecule has 2 nitrogen and oxygen atoms in total. The maximum absolute atomic E-state index is 4.67. The van der Waals surface area contributed by atoms with Crippen molar-refractivity contribution in [3.05, 3.63) is 65.7 Å². The number of anilines is 2. The second-order valence-electron chi connectivity index (χ2n) is 5.16. The first-order valence-electron chi connectivity index (χ1n) is 7.22. The van der Waals surface area contributed by atoms with Crippen molar-refractivity contribution >= 4 is 22.8 Å². The van der Waals surface area contributed by atoms with E-state index in [1.807, 2.05) is 44.2 Å². The summed E-state index contributed by atoms with van der Waals surface area (Å²) < 4.78 is 0. The van der Waals surface area contributed by atoms with E-state index in [4.69, 9.17) is 0 Å². The van der Waals surface area contributed by atoms with Crippen LogP contribution in [0.25, 0.3) is 0 Å². The van der Waals surface area contributed by atoms with Crippen LogP contribution in [0.1, 0.15) is 25.0 Å². The molecule has 21 heavy (non-hydrogen) atoms. The van der Waals surface area contributed by atoms with Crippen LogP contribution in [0.15, 0.2) is 59.6 Å². The minimum absolute atomic E-state index is 0.954. The van der Waals surface area contributed by atoms with Crippen LogP contribution in [0.3, 0.4) is 0 Å². The fourth-order valence-corrected chi connectivity index (χ4v) is 2.29. The lowest BCUT2D eigenvalue weighted by Crippen LogP contribution is -1.96. The van der Waals surface area contributed by atoms with Crippen LogP contribution < -0.4 is 5.32 Å². The van der Waals surface area contributed by atoms with Crippen molar-refractivity contribution in [2.45, 2.75) is 27.7 Å². The molecule has 2 aromatic rings. The molecular formula is C19H22N2. The third kappa shape index (κ3) is 3.82. The molecule has 0 fully saturated rings. The Morgan fingerprint density at radius 1 is 1.00 bits per heavy atom. The van der Waals surface area contributed by atoms with Crippen LogP contribution in [-0.2, 0) is 0 Å². The number of nitrogens with zero attached hydrogens (tertiary/aromatic N) is 1. The van der Waals surface area contributed by atoms with E-state index in [2.05, 4.69) is 48.4 Å². The van der Waals surface area contributed by atoms with Crippen LogP contribution in [0.2, 0.25) is 0 Å². The minimum Gasteiger partial charge on any atom is -0.353 e. The summed E-state index contributed by atoms with van der Waals surface area (Å²) in [5.41, 5.74) is 6.60. The van der Waals surface area contributed by atoms with E-state index in [1.54, 1.807) is 0 Å². The van der Waals surface area contributed by atoms with Crippen molar-refractivity contribution in [2.75, 3.05) is 5.32 Å². The maximum Gasteiger partial charge on any atom is 0.0867 e. The summed E-state index contributed by atoms with van der Waals surface area (Å²) in [6.45, 7) is 8.24. The third-order valence-electron chi connectivity index (χ3n) is 3.35. The first-order valence-corrected chi connectivity index (χ1v) is 7.22. The Morgan fingerprint density at radius 2 is 1.67 bits per heavy atom. The molecule has 0 heterocycles. The molecule has 108 valence electrons. The summed E-state index contributed by atoms with van der Waals surface area (Å²) in [5, 5.41) is 3.53. The molecule has 0 radical (unpaired) electrons. The fraction of sp³-hybridized carbons (Fsp3) is 0.211. The van der Waals surface area contributed by atoms with Gasteiger partial charge in [-0.3, -0.25) is 4.99 Å². The molecular weight excluding hydrogens is 256 g/mol. The minimum atomic E-state index is 0.954. The van der Waals surface area contributed by atoms with Gasteiger partial charge in [-0.25, -0.2) is 0 Å². The first-order chi connectivity index (χ1) is 10.1. The molecule has 0 amide bonds. The summed E-state index contributed by atoms with van der Waals surface area (Å²) in [6, 6.07) is 14.4. The van der Waals surface area contributed by atoms with Gasteiger partial charge >= 0.3 is 0 Å². The average Bonchev–Trinajstić information content (AvgIpc) is 2.45. The van der Waals surface area contributed by atoms with Crippen LogP contribution in [0.4, 0.5) is 17.1 Å². The Kier molecular flexibility index (Phi) is 4.94. The zero-order valence-corrected chi connectivity index (χ0v) is 13.1. The van der Waals surface area contributed by atoms with E-state index in [1.165, 1.54) is 11.1 Å². The lowest BCUT2D eigenvalue weighted by atomic mass is 10.1. The van der Waals surface area contributed by atoms with Gasteiger partial charge < -0.3 is 5.32 Å². The molecule has 0 saturated carbocycles. The van der Waals surface area contributed by atoms with Gasteiger partial charge in [0.2, 0.25) is 0 Å². The van der Waals surface area contributed by atoms with Gasteiger partial charge in [0.05, 0.1) is 11.4 Å². The second-order valence-corrected chi connectivity index (χ2v) is 5.16. The van der Waals surface area contributed by atoms with Crippen LogP contribution in [0, 0.1) is 13.8 Å². The highest BCUT2D eigenvalue weighted by Crippen LogP contribution is 2.31. The first kappa shape index (κ1) is 15.0. The summed E-state index contributed by atoms with van der Waals surface area (Å²) in [5.74, 6) is 0. The Labute approximate surface area is 127 Å². The quantitative estimate of drug-likeness (QED) is 0.711. The molecule has 0 aliphatic heterocycles. The number of para-hydroxylation sites is 3. The monoisotopic (exact) mass is 278 g/mol. The van der Waals surface area contributed by atoms with E-state index < -0.39 is 0 Å². The predicted molar refractivity (Wildman–Crippen MR) is 93.2 cm³/mol. The Hall–Kier alpha value is -2.35. The zero-order valence-electron chi connectivity index (χ0n) is 13.1. The van der Waals surface area contributed by atoms with Crippen molar-refractivity contribution in [1.29, 1.82) is 0 Å². The van der Waals surface area contributed by atoms with Crippen molar-refractivity contribution in [2.24, 2.45) is 4.99 Å². The van der Waals surface area contributed by atoms with Gasteiger partial charge in [-0.1, -0.05) is 36.4 Å². The Balaban J connectivity index is 2.40. The highest BCUT2D eigenvalue weighted by Gasteiger charge is 2.05. The van der Waals surface area contributed by atoms with Gasteiger partial charge in [-0.15, -0.1) is 0 Å². The van der Waals surface area contributed by atoms with Crippen LogP contribution in [-0.4, -0.2) is 5.71 Å². The topological polar surface area (TPSA) is 24.4 Å². The lowest BCUT2D eigenvalue weighted by molar-refractivity contribution is 1.35. The Morgan fingerprint density at radius 3 is 2.33 bits per heavy atom. The van der Waals surface area contributed by atoms with Crippen molar-refractivity contribution < 1.29 is 0 Å². The number of hydrogen-bond donors (Lipinski definition) is 1. The molecule has 0 unspecified atom stereocenters. The highest BCUT2D eigenvalue weighted by atomic mass is 14.9. The smallest absolute Gasteiger partial charge is 0.0867 e. The van der Waals surface area contributed by atoms with Crippen LogP contribution in [0.5, 0.6) is 0 Å². The van der Waals surface area contributed by atoms with Gasteiger partial charge in [0.15, 0.2) is 0 Å². The maximum atomic E-state index is 4.67. The van der Waals surface area contributed by atoms with Gasteiger partial charge in [0, 0.05) is 11.4 Å². The molecule has 0 saturated heterocycles. The van der Waals surface area contributed by atoms with Gasteiger partial charge in [-0.05, 0) is 57.0 Å². The number of nitrogens with one attached hydrogen (secondary N) is 1. The van der Waals surface area contributed by atoms with Crippen molar-refractivity contribution in [3.8, 4) is 0 Å². The SMILES string of the molecule is C/C=C/C(C)=N\c1ccccc1Nc1c(C)cccc1C. The van der Waals surface area contributed by atoms with Gasteiger partial charge in [0.1, 0.15) is 0 Å². The largest absolute Gasteiger partial charge is 0.353 e. The molecule has 2 rings (SSSR count). The summed E-state index contributed by atoms with van der Waals surface area (Å²) in [4.78, 5) is 4.67. The molecule has 2 heteroatoms. The highest BCUT2D eigenvalue weighted by molar-refractivity contribution is 5.95. The van der Waals surface area contributed by atoms with E-state index in [0.717, 1.165) is 22.8 Å². The van der Waals surface area contributed by atoms with E-state index in [-0.39, 0.29) is 0 Å². The van der Waals surface area contributed by atoms with Gasteiger partial charge in [0.25, 0.3) is 0 Å². The molecule has 0 atom stereocenters. The normalized spacial score (nSPS) is 11.9. The van der Waals surface area contributed by atoms with E-state index in [9.17, 15) is 0 Å². The van der Waals surface area contributed by atoms with Crippen molar-refractivity contribution in [3.63, 3.8) is 0 Å². The number of hydrogen-bond acceptors (Lipinski definition) is 2. The number of aryl methyl sites for hydroxylation is 2. The summed E-state index contributed by atoms with van der Waals surface area (Å²) in [6.07, 6.45) is 4.01. The zero-order chi connectivity index (χ0) is 15.2. The average molecular weight is 278 g/mol. The molecule has 0 aliphatic rings. The standard InChI is InChI=1S/C19H22N2/c1-5-9-16(4)20-17-12-6-7-13-18(17)21-19-14(2)10-8-11-15(19)3/h5-13,21H,1-4H3/b9-5+,20-16-. The molecule has 1 N–H and O–H groups in total. The van der Waals surface area contributed by atoms with Crippen molar-refractivity contribution in [1.82, 2.24) is 0 Å². The number of allylic oxidation sites excluding steroid dienone is 2. The van der Waals surface area contributed by atoms with E-state index in [0.29, 0.717) is 0 Å². The van der Waals surface area contributed by atoms with Crippen LogP contribution >= 0.6 is 0 Å². The van der Waals surface area contributed by atoms with Gasteiger partial charge in [-0.2, -0.15) is 0 Å². The lowest BCUT2D eigenvalue weighted by Gasteiger charge is -2.14. The number of aliphatic imine (C=N–C) groups is 1. The predicted octanol–water partition coefficient (Wildman–Crippen LogP) is 5.72. The number of rotatable bonds is 4. The molecule has 0 spiro atoms. The summed E-state index contributed by atoms with van der Waals surface area (Å²) >= 11 is 0. The second kappa shape index (κ2) is 6.89. The Bertz CT molecular complexity index is 661. The molecule has 0 aliphatic carbocycles. The fourth-order valence-electron chi connectivity index (χ4n) is 2.29. The molecule has 2 aromatic carbocycles. The molecule has 0 aromatic heterocycles. The van der Waals surface area contributed by atoms with E-state index >= 15 is 0 Å². The summed E-state index contributed by atoms with van der Waals surface area (Å²) in [7, 11) is 0.